The van der Waals surface area contributed by atoms with Gasteiger partial charge >= 0.3 is 0 Å². The molecule has 6 heteroatoms. The Morgan fingerprint density at radius 1 is 1.15 bits per heavy atom. The van der Waals surface area contributed by atoms with Gasteiger partial charge in [-0.1, -0.05) is 12.8 Å². The maximum absolute atomic E-state index is 13.1. The molecule has 2 aromatic rings. The van der Waals surface area contributed by atoms with E-state index in [-0.39, 0.29) is 11.3 Å². The lowest BCUT2D eigenvalue weighted by atomic mass is 9.73. The lowest BCUT2D eigenvalue weighted by molar-refractivity contribution is 0.0669. The van der Waals surface area contributed by atoms with Crippen molar-refractivity contribution in [2.24, 2.45) is 7.05 Å². The molecule has 1 aliphatic carbocycles. The lowest BCUT2D eigenvalue weighted by Gasteiger charge is -2.42. The van der Waals surface area contributed by atoms with E-state index in [4.69, 9.17) is 9.47 Å². The summed E-state index contributed by atoms with van der Waals surface area (Å²) in [7, 11) is 1.84. The summed E-state index contributed by atoms with van der Waals surface area (Å²) < 4.78 is 13.3. The molecule has 3 aliphatic rings. The molecule has 0 atom stereocenters. The van der Waals surface area contributed by atoms with Crippen LogP contribution in [0.2, 0.25) is 0 Å². The molecule has 5 rings (SSSR count). The number of amides is 1. The number of carbonyl (C=O) groups is 1. The third-order valence-corrected chi connectivity index (χ3v) is 5.99. The first-order valence-electron chi connectivity index (χ1n) is 9.36. The first kappa shape index (κ1) is 15.7. The number of aromatic nitrogens is 2. The molecular weight excluding hydrogens is 330 g/mol. The number of carbonyl (C=O) groups excluding carboxylic acids is 1. The highest BCUT2D eigenvalue weighted by Crippen LogP contribution is 2.49. The molecule has 0 saturated heterocycles. The number of hydrogen-bond donors (Lipinski definition) is 0. The van der Waals surface area contributed by atoms with Crippen molar-refractivity contribution < 1.29 is 14.3 Å². The van der Waals surface area contributed by atoms with E-state index in [0.717, 1.165) is 30.9 Å². The zero-order chi connectivity index (χ0) is 17.7. The predicted octanol–water partition coefficient (Wildman–Crippen LogP) is 2.66. The average molecular weight is 353 g/mol. The van der Waals surface area contributed by atoms with Gasteiger partial charge in [0.05, 0.1) is 11.8 Å². The Balaban J connectivity index is 1.56. The third-order valence-electron chi connectivity index (χ3n) is 5.99. The van der Waals surface area contributed by atoms with E-state index in [1.54, 1.807) is 17.1 Å². The molecule has 1 fully saturated rings. The van der Waals surface area contributed by atoms with Gasteiger partial charge in [-0.3, -0.25) is 9.48 Å². The van der Waals surface area contributed by atoms with E-state index in [1.807, 2.05) is 11.9 Å². The molecule has 0 N–H and O–H groups in total. The number of aryl methyl sites for hydroxylation is 1. The van der Waals surface area contributed by atoms with E-state index in [2.05, 4.69) is 17.2 Å². The SMILES string of the molecule is Cn1cc(C(=O)N2Cc3cc4c(cc3C3(CCCC3)C2)OCCO4)cn1. The van der Waals surface area contributed by atoms with Gasteiger partial charge < -0.3 is 14.4 Å². The van der Waals surface area contributed by atoms with Crippen molar-refractivity contribution >= 4 is 5.91 Å². The van der Waals surface area contributed by atoms with Crippen LogP contribution in [0, 0.1) is 0 Å². The van der Waals surface area contributed by atoms with Crippen molar-refractivity contribution in [1.29, 1.82) is 0 Å². The third kappa shape index (κ3) is 2.39. The van der Waals surface area contributed by atoms with Crippen molar-refractivity contribution in [2.45, 2.75) is 37.6 Å². The van der Waals surface area contributed by atoms with Crippen LogP contribution in [0.1, 0.15) is 47.2 Å². The molecule has 1 aromatic carbocycles. The van der Waals surface area contributed by atoms with Crippen LogP contribution in [0.3, 0.4) is 0 Å². The summed E-state index contributed by atoms with van der Waals surface area (Å²) in [5.74, 6) is 1.72. The first-order valence-corrected chi connectivity index (χ1v) is 9.36. The van der Waals surface area contributed by atoms with Crippen LogP contribution in [-0.4, -0.2) is 40.3 Å². The summed E-state index contributed by atoms with van der Waals surface area (Å²) in [6.07, 6.45) is 8.12. The second kappa shape index (κ2) is 5.76. The number of hydrogen-bond acceptors (Lipinski definition) is 4. The van der Waals surface area contributed by atoms with Gasteiger partial charge in [0.25, 0.3) is 5.91 Å². The standard InChI is InChI=1S/C20H23N3O3/c1-22-11-15(10-21-22)19(24)23-12-14-8-17-18(26-7-6-25-17)9-16(14)20(13-23)4-2-3-5-20/h8-11H,2-7,12-13H2,1H3. The average Bonchev–Trinajstić information content (AvgIpc) is 3.29. The zero-order valence-corrected chi connectivity index (χ0v) is 15.0. The molecule has 0 bridgehead atoms. The molecule has 1 amide bonds. The van der Waals surface area contributed by atoms with Crippen LogP contribution >= 0.6 is 0 Å². The summed E-state index contributed by atoms with van der Waals surface area (Å²) in [5, 5.41) is 4.16. The highest BCUT2D eigenvalue weighted by Gasteiger charge is 2.44. The van der Waals surface area contributed by atoms with Gasteiger partial charge in [0.15, 0.2) is 11.5 Å². The van der Waals surface area contributed by atoms with E-state index < -0.39 is 0 Å². The van der Waals surface area contributed by atoms with Gasteiger partial charge in [0.1, 0.15) is 13.2 Å². The van der Waals surface area contributed by atoms with E-state index >= 15 is 0 Å². The number of fused-ring (bicyclic) bond motifs is 3. The van der Waals surface area contributed by atoms with Crippen LogP contribution in [0.25, 0.3) is 0 Å². The van der Waals surface area contributed by atoms with Gasteiger partial charge in [-0.25, -0.2) is 0 Å². The molecule has 136 valence electrons. The van der Waals surface area contributed by atoms with Gasteiger partial charge in [-0.05, 0) is 36.1 Å². The molecule has 0 radical (unpaired) electrons. The van der Waals surface area contributed by atoms with Crippen molar-refractivity contribution in [1.82, 2.24) is 14.7 Å². The zero-order valence-electron chi connectivity index (χ0n) is 15.0. The van der Waals surface area contributed by atoms with Gasteiger partial charge in [-0.15, -0.1) is 0 Å². The maximum Gasteiger partial charge on any atom is 0.257 e. The normalized spacial score (nSPS) is 20.3. The minimum Gasteiger partial charge on any atom is -0.486 e. The molecule has 6 nitrogen and oxygen atoms in total. The molecule has 1 aromatic heterocycles. The highest BCUT2D eigenvalue weighted by atomic mass is 16.6. The molecule has 2 aliphatic heterocycles. The summed E-state index contributed by atoms with van der Waals surface area (Å²) in [5.41, 5.74) is 3.25. The maximum atomic E-state index is 13.1. The Morgan fingerprint density at radius 2 is 1.88 bits per heavy atom. The van der Waals surface area contributed by atoms with Crippen LogP contribution in [0.15, 0.2) is 24.5 Å². The van der Waals surface area contributed by atoms with E-state index in [0.29, 0.717) is 25.3 Å². The van der Waals surface area contributed by atoms with Gasteiger partial charge in [0.2, 0.25) is 0 Å². The second-order valence-electron chi connectivity index (χ2n) is 7.70. The first-order chi connectivity index (χ1) is 12.6. The summed E-state index contributed by atoms with van der Waals surface area (Å²) in [6.45, 7) is 2.56. The molecular formula is C20H23N3O3. The summed E-state index contributed by atoms with van der Waals surface area (Å²) in [4.78, 5) is 15.1. The molecule has 0 unspecified atom stereocenters. The second-order valence-corrected chi connectivity index (χ2v) is 7.70. The highest BCUT2D eigenvalue weighted by molar-refractivity contribution is 5.94. The Bertz CT molecular complexity index is 867. The fourth-order valence-electron chi connectivity index (χ4n) is 4.80. The van der Waals surface area contributed by atoms with Gasteiger partial charge in [0, 0.05) is 31.7 Å². The fourth-order valence-corrected chi connectivity index (χ4v) is 4.80. The monoisotopic (exact) mass is 353 g/mol. The predicted molar refractivity (Wildman–Crippen MR) is 95.5 cm³/mol. The van der Waals surface area contributed by atoms with E-state index in [9.17, 15) is 4.79 Å². The number of nitrogens with zero attached hydrogens (tertiary/aromatic N) is 3. The Hall–Kier alpha value is -2.50. The minimum atomic E-state index is 0.0429. The van der Waals surface area contributed by atoms with E-state index in [1.165, 1.54) is 24.0 Å². The number of benzene rings is 1. The molecule has 26 heavy (non-hydrogen) atoms. The van der Waals surface area contributed by atoms with Crippen molar-refractivity contribution in [2.75, 3.05) is 19.8 Å². The van der Waals surface area contributed by atoms with Crippen molar-refractivity contribution in [3.05, 3.63) is 41.2 Å². The minimum absolute atomic E-state index is 0.0429. The van der Waals surface area contributed by atoms with Crippen molar-refractivity contribution in [3.8, 4) is 11.5 Å². The van der Waals surface area contributed by atoms with Crippen LogP contribution in [0.4, 0.5) is 0 Å². The largest absolute Gasteiger partial charge is 0.486 e. The fraction of sp³-hybridized carbons (Fsp3) is 0.500. The Kier molecular flexibility index (Phi) is 3.48. The van der Waals surface area contributed by atoms with Crippen molar-refractivity contribution in [3.63, 3.8) is 0 Å². The number of rotatable bonds is 1. The molecule has 1 saturated carbocycles. The molecule has 3 heterocycles. The lowest BCUT2D eigenvalue weighted by Crippen LogP contribution is -2.46. The Morgan fingerprint density at radius 3 is 2.58 bits per heavy atom. The summed E-state index contributed by atoms with van der Waals surface area (Å²) in [6, 6.07) is 4.27. The topological polar surface area (TPSA) is 56.6 Å². The smallest absolute Gasteiger partial charge is 0.257 e. The summed E-state index contributed by atoms with van der Waals surface area (Å²) >= 11 is 0. The number of ether oxygens (including phenoxy) is 2. The quantitative estimate of drug-likeness (QED) is 0.791. The van der Waals surface area contributed by atoms with Crippen LogP contribution < -0.4 is 9.47 Å². The van der Waals surface area contributed by atoms with Crippen LogP contribution in [0.5, 0.6) is 11.5 Å². The molecule has 1 spiro atoms. The Labute approximate surface area is 152 Å². The van der Waals surface area contributed by atoms with Crippen LogP contribution in [-0.2, 0) is 19.0 Å². The van der Waals surface area contributed by atoms with Gasteiger partial charge in [-0.2, -0.15) is 5.10 Å².